The maximum absolute atomic E-state index is 13.8. The van der Waals surface area contributed by atoms with Gasteiger partial charge < -0.3 is 15.5 Å². The minimum absolute atomic E-state index is 0.165. The van der Waals surface area contributed by atoms with Crippen molar-refractivity contribution in [3.8, 4) is 0 Å². The number of anilines is 1. The lowest BCUT2D eigenvalue weighted by atomic mass is 10.1. The number of carbonyl (C=O) groups is 2. The van der Waals surface area contributed by atoms with Crippen molar-refractivity contribution >= 4 is 17.6 Å². The summed E-state index contributed by atoms with van der Waals surface area (Å²) in [4.78, 5) is 25.6. The Labute approximate surface area is 156 Å². The third-order valence-corrected chi connectivity index (χ3v) is 4.53. The summed E-state index contributed by atoms with van der Waals surface area (Å²) in [7, 11) is 0. The number of nitrogens with zero attached hydrogens (tertiary/aromatic N) is 1. The third kappa shape index (κ3) is 4.81. The second-order valence-electron chi connectivity index (χ2n) is 6.60. The fraction of sp³-hybridized carbons (Fsp3) is 0.300. The highest BCUT2D eigenvalue weighted by atomic mass is 19.1. The molecule has 7 heteroatoms. The second-order valence-corrected chi connectivity index (χ2v) is 6.60. The highest BCUT2D eigenvalue weighted by Gasteiger charge is 2.20. The molecule has 2 N–H and O–H groups in total. The van der Waals surface area contributed by atoms with Gasteiger partial charge in [0.25, 0.3) is 0 Å². The van der Waals surface area contributed by atoms with Gasteiger partial charge in [0.15, 0.2) is 0 Å². The molecule has 0 saturated carbocycles. The first-order valence-electron chi connectivity index (χ1n) is 8.81. The average Bonchev–Trinajstić information content (AvgIpc) is 3.01. The van der Waals surface area contributed by atoms with E-state index in [0.717, 1.165) is 30.7 Å². The van der Waals surface area contributed by atoms with Gasteiger partial charge in [0, 0.05) is 36.8 Å². The molecule has 3 rings (SSSR count). The van der Waals surface area contributed by atoms with E-state index in [-0.39, 0.29) is 11.5 Å². The van der Waals surface area contributed by atoms with E-state index in [2.05, 4.69) is 10.6 Å². The van der Waals surface area contributed by atoms with E-state index in [1.807, 2.05) is 17.0 Å². The van der Waals surface area contributed by atoms with Crippen molar-refractivity contribution in [1.82, 2.24) is 10.2 Å². The zero-order valence-electron chi connectivity index (χ0n) is 15.0. The Balaban J connectivity index is 1.55. The lowest BCUT2D eigenvalue weighted by Crippen LogP contribution is -2.31. The molecule has 3 amide bonds. The second kappa shape index (κ2) is 8.16. The summed E-state index contributed by atoms with van der Waals surface area (Å²) in [5.74, 6) is -1.20. The predicted molar refractivity (Wildman–Crippen MR) is 98.0 cm³/mol. The molecule has 1 atom stereocenters. The molecule has 1 saturated heterocycles. The topological polar surface area (TPSA) is 61.4 Å². The van der Waals surface area contributed by atoms with Gasteiger partial charge in [-0.05, 0) is 37.1 Å². The molecule has 1 heterocycles. The van der Waals surface area contributed by atoms with Crippen LogP contribution in [0, 0.1) is 11.6 Å². The third-order valence-electron chi connectivity index (χ3n) is 4.53. The summed E-state index contributed by atoms with van der Waals surface area (Å²) < 4.78 is 26.8. The number of likely N-dealkylation sites (tertiary alicyclic amines) is 1. The van der Waals surface area contributed by atoms with Gasteiger partial charge in [0.05, 0.1) is 6.04 Å². The predicted octanol–water partition coefficient (Wildman–Crippen LogP) is 3.97. The van der Waals surface area contributed by atoms with Crippen LogP contribution in [0.1, 0.15) is 36.9 Å². The molecule has 0 bridgehead atoms. The molecule has 2 aromatic carbocycles. The van der Waals surface area contributed by atoms with Crippen molar-refractivity contribution in [2.75, 3.05) is 11.9 Å². The van der Waals surface area contributed by atoms with Crippen LogP contribution < -0.4 is 10.6 Å². The number of urea groups is 1. The van der Waals surface area contributed by atoms with E-state index < -0.39 is 23.7 Å². The van der Waals surface area contributed by atoms with Crippen LogP contribution in [-0.4, -0.2) is 23.4 Å². The molecule has 1 unspecified atom stereocenters. The van der Waals surface area contributed by atoms with E-state index in [1.165, 1.54) is 6.07 Å². The lowest BCUT2D eigenvalue weighted by Gasteiger charge is -2.17. The molecule has 0 spiro atoms. The zero-order chi connectivity index (χ0) is 19.4. The van der Waals surface area contributed by atoms with E-state index in [0.29, 0.717) is 18.7 Å². The summed E-state index contributed by atoms with van der Waals surface area (Å²) in [5.41, 5.74) is 1.77. The van der Waals surface area contributed by atoms with Crippen LogP contribution in [0.4, 0.5) is 19.3 Å². The number of nitrogens with one attached hydrogen (secondary N) is 2. The molecule has 0 aromatic heterocycles. The van der Waals surface area contributed by atoms with Gasteiger partial charge in [-0.25, -0.2) is 13.6 Å². The SMILES string of the molecule is CC(NC(=O)Nc1ccc(CN2CCCC2=O)cc1)c1ccc(F)cc1F. The Morgan fingerprint density at radius 2 is 1.93 bits per heavy atom. The molecule has 142 valence electrons. The molecule has 0 radical (unpaired) electrons. The summed E-state index contributed by atoms with van der Waals surface area (Å²) >= 11 is 0. The Hall–Kier alpha value is -2.96. The van der Waals surface area contributed by atoms with Gasteiger partial charge in [-0.1, -0.05) is 18.2 Å². The molecule has 5 nitrogen and oxygen atoms in total. The van der Waals surface area contributed by atoms with Crippen LogP contribution in [0.5, 0.6) is 0 Å². The first-order chi connectivity index (χ1) is 12.9. The van der Waals surface area contributed by atoms with E-state index in [1.54, 1.807) is 19.1 Å². The minimum Gasteiger partial charge on any atom is -0.338 e. The summed E-state index contributed by atoms with van der Waals surface area (Å²) in [6.45, 7) is 2.96. The summed E-state index contributed by atoms with van der Waals surface area (Å²) in [6.07, 6.45) is 1.50. The number of amides is 3. The average molecular weight is 373 g/mol. The van der Waals surface area contributed by atoms with Gasteiger partial charge in [-0.2, -0.15) is 0 Å². The van der Waals surface area contributed by atoms with Crippen molar-refractivity contribution in [3.05, 3.63) is 65.2 Å². The molecule has 1 aliphatic rings. The molecule has 1 aliphatic heterocycles. The van der Waals surface area contributed by atoms with Crippen LogP contribution in [0.25, 0.3) is 0 Å². The van der Waals surface area contributed by atoms with Crippen molar-refractivity contribution in [3.63, 3.8) is 0 Å². The standard InChI is InChI=1S/C20H21F2N3O2/c1-13(17-9-6-15(21)11-18(17)22)23-20(27)24-16-7-4-14(5-8-16)12-25-10-2-3-19(25)26/h4-9,11,13H,2-3,10,12H2,1H3,(H2,23,24,27). The maximum atomic E-state index is 13.8. The summed E-state index contributed by atoms with van der Waals surface area (Å²) in [5, 5.41) is 5.29. The van der Waals surface area contributed by atoms with Crippen LogP contribution in [-0.2, 0) is 11.3 Å². The lowest BCUT2D eigenvalue weighted by molar-refractivity contribution is -0.128. The summed E-state index contributed by atoms with van der Waals surface area (Å²) in [6, 6.07) is 9.34. The van der Waals surface area contributed by atoms with Crippen LogP contribution in [0.15, 0.2) is 42.5 Å². The Kier molecular flexibility index (Phi) is 5.69. The highest BCUT2D eigenvalue weighted by molar-refractivity contribution is 5.89. The Morgan fingerprint density at radius 1 is 1.19 bits per heavy atom. The molecular weight excluding hydrogens is 352 g/mol. The molecule has 1 fully saturated rings. The van der Waals surface area contributed by atoms with E-state index >= 15 is 0 Å². The number of carbonyl (C=O) groups excluding carboxylic acids is 2. The number of hydrogen-bond acceptors (Lipinski definition) is 2. The van der Waals surface area contributed by atoms with Gasteiger partial charge in [-0.15, -0.1) is 0 Å². The minimum atomic E-state index is -0.705. The smallest absolute Gasteiger partial charge is 0.319 e. The zero-order valence-corrected chi connectivity index (χ0v) is 15.0. The quantitative estimate of drug-likeness (QED) is 0.833. The van der Waals surface area contributed by atoms with Gasteiger partial charge in [-0.3, -0.25) is 4.79 Å². The Morgan fingerprint density at radius 3 is 2.56 bits per heavy atom. The number of hydrogen-bond donors (Lipinski definition) is 2. The van der Waals surface area contributed by atoms with Gasteiger partial charge in [0.2, 0.25) is 5.91 Å². The normalized spacial score (nSPS) is 14.9. The number of benzene rings is 2. The highest BCUT2D eigenvalue weighted by Crippen LogP contribution is 2.19. The first kappa shape index (κ1) is 18.8. The van der Waals surface area contributed by atoms with E-state index in [9.17, 15) is 18.4 Å². The van der Waals surface area contributed by atoms with Crippen molar-refractivity contribution in [1.29, 1.82) is 0 Å². The number of halogens is 2. The van der Waals surface area contributed by atoms with Crippen molar-refractivity contribution < 1.29 is 18.4 Å². The Bertz CT molecular complexity index is 840. The number of rotatable bonds is 5. The fourth-order valence-electron chi connectivity index (χ4n) is 3.08. The molecule has 27 heavy (non-hydrogen) atoms. The molecular formula is C20H21F2N3O2. The van der Waals surface area contributed by atoms with Gasteiger partial charge >= 0.3 is 6.03 Å². The molecule has 0 aliphatic carbocycles. The maximum Gasteiger partial charge on any atom is 0.319 e. The van der Waals surface area contributed by atoms with Crippen molar-refractivity contribution in [2.45, 2.75) is 32.4 Å². The van der Waals surface area contributed by atoms with Crippen LogP contribution >= 0.6 is 0 Å². The fourth-order valence-corrected chi connectivity index (χ4v) is 3.08. The van der Waals surface area contributed by atoms with Crippen molar-refractivity contribution in [2.24, 2.45) is 0 Å². The first-order valence-corrected chi connectivity index (χ1v) is 8.81. The van der Waals surface area contributed by atoms with Crippen LogP contribution in [0.3, 0.4) is 0 Å². The van der Waals surface area contributed by atoms with E-state index in [4.69, 9.17) is 0 Å². The van der Waals surface area contributed by atoms with Gasteiger partial charge in [0.1, 0.15) is 11.6 Å². The largest absolute Gasteiger partial charge is 0.338 e. The molecule has 2 aromatic rings. The van der Waals surface area contributed by atoms with Crippen LogP contribution in [0.2, 0.25) is 0 Å². The monoisotopic (exact) mass is 373 g/mol.